The number of carboxylic acid groups (broad SMARTS) is 1. The Morgan fingerprint density at radius 3 is 1.32 bits per heavy atom. The Kier molecular flexibility index (Phi) is 25.7. The molecular formula is C30H58O4. The summed E-state index contributed by atoms with van der Waals surface area (Å²) in [5.74, 6) is -0.688. The molecule has 0 fully saturated rings. The lowest BCUT2D eigenvalue weighted by Crippen LogP contribution is -2.14. The highest BCUT2D eigenvalue weighted by Gasteiger charge is 2.09. The molecule has 0 aliphatic rings. The van der Waals surface area contributed by atoms with Crippen molar-refractivity contribution in [1.29, 1.82) is 0 Å². The van der Waals surface area contributed by atoms with Crippen molar-refractivity contribution >= 4 is 11.9 Å². The average Bonchev–Trinajstić information content (AvgIpc) is 2.80. The maximum Gasteiger partial charge on any atom is 0.306 e. The lowest BCUT2D eigenvalue weighted by Gasteiger charge is -2.13. The number of unbranched alkanes of at least 4 members (excludes halogenated alkanes) is 20. The number of rotatable bonds is 27. The van der Waals surface area contributed by atoms with Crippen LogP contribution in [0.3, 0.4) is 0 Å². The summed E-state index contributed by atoms with van der Waals surface area (Å²) in [6.07, 6.45) is 29.4. The van der Waals surface area contributed by atoms with E-state index in [9.17, 15) is 9.59 Å². The number of carbonyl (C=O) groups excluding carboxylic acids is 1. The second-order valence-electron chi connectivity index (χ2n) is 10.4. The van der Waals surface area contributed by atoms with Gasteiger partial charge in [-0.05, 0) is 32.6 Å². The van der Waals surface area contributed by atoms with Crippen molar-refractivity contribution in [3.05, 3.63) is 0 Å². The first-order valence-electron chi connectivity index (χ1n) is 15.0. The van der Waals surface area contributed by atoms with E-state index in [1.54, 1.807) is 0 Å². The van der Waals surface area contributed by atoms with E-state index >= 15 is 0 Å². The van der Waals surface area contributed by atoms with E-state index in [1.807, 2.05) is 6.92 Å². The van der Waals surface area contributed by atoms with Crippen LogP contribution >= 0.6 is 0 Å². The Bertz CT molecular complexity index is 449. The molecule has 1 unspecified atom stereocenters. The topological polar surface area (TPSA) is 63.6 Å². The van der Waals surface area contributed by atoms with Gasteiger partial charge >= 0.3 is 11.9 Å². The summed E-state index contributed by atoms with van der Waals surface area (Å²) in [5.41, 5.74) is 0. The Morgan fingerprint density at radius 2 is 0.912 bits per heavy atom. The monoisotopic (exact) mass is 482 g/mol. The van der Waals surface area contributed by atoms with Gasteiger partial charge in [0.05, 0.1) is 6.10 Å². The molecule has 0 heterocycles. The first kappa shape index (κ1) is 32.9. The standard InChI is InChI=1S/C30H58O4/c1-3-4-5-6-7-8-9-10-15-18-21-24-27-30(33)34-28(2)25-22-19-16-13-11-12-14-17-20-23-26-29(31)32/h28H,3-27H2,1-2H3,(H,31,32). The van der Waals surface area contributed by atoms with Crippen LogP contribution < -0.4 is 0 Å². The van der Waals surface area contributed by atoms with Gasteiger partial charge in [0, 0.05) is 12.8 Å². The minimum absolute atomic E-state index is 0.0112. The summed E-state index contributed by atoms with van der Waals surface area (Å²) in [7, 11) is 0. The van der Waals surface area contributed by atoms with E-state index in [0.29, 0.717) is 12.8 Å². The Morgan fingerprint density at radius 1 is 0.559 bits per heavy atom. The summed E-state index contributed by atoms with van der Waals surface area (Å²) >= 11 is 0. The second-order valence-corrected chi connectivity index (χ2v) is 10.4. The van der Waals surface area contributed by atoms with Gasteiger partial charge < -0.3 is 9.84 Å². The summed E-state index contributed by atoms with van der Waals surface area (Å²) < 4.78 is 5.58. The first-order valence-corrected chi connectivity index (χ1v) is 15.0. The van der Waals surface area contributed by atoms with E-state index in [1.165, 1.54) is 103 Å². The van der Waals surface area contributed by atoms with Crippen LogP contribution in [0.5, 0.6) is 0 Å². The van der Waals surface area contributed by atoms with Crippen molar-refractivity contribution < 1.29 is 19.4 Å². The smallest absolute Gasteiger partial charge is 0.306 e. The van der Waals surface area contributed by atoms with E-state index in [0.717, 1.165) is 44.9 Å². The lowest BCUT2D eigenvalue weighted by molar-refractivity contribution is -0.148. The van der Waals surface area contributed by atoms with E-state index in [4.69, 9.17) is 9.84 Å². The summed E-state index contributed by atoms with van der Waals surface area (Å²) in [4.78, 5) is 22.5. The van der Waals surface area contributed by atoms with Crippen LogP contribution in [0.15, 0.2) is 0 Å². The van der Waals surface area contributed by atoms with Crippen LogP contribution in [0, 0.1) is 0 Å². The summed E-state index contributed by atoms with van der Waals surface area (Å²) in [6.45, 7) is 4.30. The number of esters is 1. The van der Waals surface area contributed by atoms with Gasteiger partial charge in [0.1, 0.15) is 0 Å². The van der Waals surface area contributed by atoms with E-state index in [2.05, 4.69) is 6.92 Å². The molecule has 0 spiro atoms. The van der Waals surface area contributed by atoms with Crippen molar-refractivity contribution in [3.8, 4) is 0 Å². The molecule has 4 nitrogen and oxygen atoms in total. The largest absolute Gasteiger partial charge is 0.481 e. The van der Waals surface area contributed by atoms with Crippen molar-refractivity contribution in [2.75, 3.05) is 0 Å². The predicted octanol–water partition coefficient (Wildman–Crippen LogP) is 9.78. The molecule has 0 aliphatic heterocycles. The molecule has 0 saturated heterocycles. The Balaban J connectivity index is 3.30. The van der Waals surface area contributed by atoms with Gasteiger partial charge in [-0.3, -0.25) is 9.59 Å². The van der Waals surface area contributed by atoms with Gasteiger partial charge in [0.15, 0.2) is 0 Å². The maximum atomic E-state index is 12.0. The molecule has 0 radical (unpaired) electrons. The van der Waals surface area contributed by atoms with Crippen LogP contribution in [0.4, 0.5) is 0 Å². The molecule has 0 aromatic carbocycles. The van der Waals surface area contributed by atoms with Crippen LogP contribution in [-0.2, 0) is 14.3 Å². The van der Waals surface area contributed by atoms with Gasteiger partial charge in [-0.15, -0.1) is 0 Å². The molecule has 4 heteroatoms. The molecule has 0 rings (SSSR count). The molecule has 0 aromatic heterocycles. The van der Waals surface area contributed by atoms with Gasteiger partial charge in [-0.1, -0.05) is 129 Å². The zero-order valence-electron chi connectivity index (χ0n) is 22.9. The van der Waals surface area contributed by atoms with Gasteiger partial charge in [0.2, 0.25) is 0 Å². The third kappa shape index (κ3) is 27.2. The van der Waals surface area contributed by atoms with E-state index in [-0.39, 0.29) is 12.1 Å². The molecular weight excluding hydrogens is 424 g/mol. The third-order valence-corrected chi connectivity index (χ3v) is 6.82. The third-order valence-electron chi connectivity index (χ3n) is 6.82. The predicted molar refractivity (Wildman–Crippen MR) is 144 cm³/mol. The quantitative estimate of drug-likeness (QED) is 0.0934. The molecule has 1 atom stereocenters. The number of hydrogen-bond donors (Lipinski definition) is 1. The number of ether oxygens (including phenoxy) is 1. The molecule has 0 aliphatic carbocycles. The molecule has 0 aromatic rings. The number of aliphatic carboxylic acids is 1. The fourth-order valence-electron chi connectivity index (χ4n) is 4.57. The highest BCUT2D eigenvalue weighted by molar-refractivity contribution is 5.69. The van der Waals surface area contributed by atoms with Crippen molar-refractivity contribution in [2.24, 2.45) is 0 Å². The number of hydrogen-bond acceptors (Lipinski definition) is 3. The minimum Gasteiger partial charge on any atom is -0.481 e. The zero-order valence-corrected chi connectivity index (χ0v) is 22.9. The summed E-state index contributed by atoms with van der Waals surface area (Å²) in [5, 5.41) is 8.61. The van der Waals surface area contributed by atoms with Crippen LogP contribution in [-0.4, -0.2) is 23.1 Å². The molecule has 1 N–H and O–H groups in total. The fourth-order valence-corrected chi connectivity index (χ4v) is 4.57. The number of carboxylic acids is 1. The van der Waals surface area contributed by atoms with Crippen LogP contribution in [0.2, 0.25) is 0 Å². The first-order chi connectivity index (χ1) is 16.6. The van der Waals surface area contributed by atoms with Crippen LogP contribution in [0.25, 0.3) is 0 Å². The fraction of sp³-hybridized carbons (Fsp3) is 0.933. The molecule has 34 heavy (non-hydrogen) atoms. The van der Waals surface area contributed by atoms with Gasteiger partial charge in [-0.25, -0.2) is 0 Å². The maximum absolute atomic E-state index is 12.0. The van der Waals surface area contributed by atoms with Crippen LogP contribution in [0.1, 0.15) is 174 Å². The SMILES string of the molecule is CCCCCCCCCCCCCCC(=O)OC(C)CCCCCCCCCCCCC(=O)O. The molecule has 0 amide bonds. The average molecular weight is 483 g/mol. The molecule has 0 bridgehead atoms. The van der Waals surface area contributed by atoms with Gasteiger partial charge in [-0.2, -0.15) is 0 Å². The summed E-state index contributed by atoms with van der Waals surface area (Å²) in [6, 6.07) is 0. The van der Waals surface area contributed by atoms with E-state index < -0.39 is 5.97 Å². The highest BCUT2D eigenvalue weighted by atomic mass is 16.5. The normalized spacial score (nSPS) is 12.1. The lowest BCUT2D eigenvalue weighted by atomic mass is 10.0. The molecule has 0 saturated carbocycles. The zero-order chi connectivity index (χ0) is 25.1. The van der Waals surface area contributed by atoms with Gasteiger partial charge in [0.25, 0.3) is 0 Å². The minimum atomic E-state index is -0.677. The Labute approximate surface area is 212 Å². The second kappa shape index (κ2) is 26.5. The molecule has 202 valence electrons. The van der Waals surface area contributed by atoms with Crippen molar-refractivity contribution in [1.82, 2.24) is 0 Å². The Hall–Kier alpha value is -1.06. The highest BCUT2D eigenvalue weighted by Crippen LogP contribution is 2.15. The van der Waals surface area contributed by atoms with Crippen molar-refractivity contribution in [2.45, 2.75) is 180 Å². The number of carbonyl (C=O) groups is 2. The van der Waals surface area contributed by atoms with Crippen molar-refractivity contribution in [3.63, 3.8) is 0 Å².